The van der Waals surface area contributed by atoms with Gasteiger partial charge in [-0.2, -0.15) is 0 Å². The van der Waals surface area contributed by atoms with Crippen molar-refractivity contribution in [1.29, 1.82) is 0 Å². The molecule has 0 radical (unpaired) electrons. The fourth-order valence-corrected chi connectivity index (χ4v) is 3.76. The first-order chi connectivity index (χ1) is 10.9. The maximum atomic E-state index is 13.0. The van der Waals surface area contributed by atoms with Crippen LogP contribution in [-0.4, -0.2) is 40.5 Å². The molecular formula is C17H21FN2O2S. The zero-order valence-electron chi connectivity index (χ0n) is 13.3. The molecule has 0 heterocycles. The lowest BCUT2D eigenvalue weighted by atomic mass is 10.2. The van der Waals surface area contributed by atoms with Gasteiger partial charge in [-0.25, -0.2) is 12.8 Å². The maximum absolute atomic E-state index is 13.0. The van der Waals surface area contributed by atoms with Gasteiger partial charge in [0, 0.05) is 13.1 Å². The summed E-state index contributed by atoms with van der Waals surface area (Å²) in [6.45, 7) is 0.970. The Balaban J connectivity index is 2.27. The Morgan fingerprint density at radius 1 is 0.913 bits per heavy atom. The van der Waals surface area contributed by atoms with Gasteiger partial charge in [0.05, 0.1) is 11.4 Å². The monoisotopic (exact) mass is 336 g/mol. The van der Waals surface area contributed by atoms with Gasteiger partial charge in [-0.15, -0.1) is 0 Å². The number of anilines is 1. The zero-order valence-corrected chi connectivity index (χ0v) is 14.1. The largest absolute Gasteiger partial charge is 0.308 e. The molecule has 2 rings (SSSR count). The zero-order chi connectivity index (χ0) is 16.9. The highest BCUT2D eigenvalue weighted by Crippen LogP contribution is 2.20. The van der Waals surface area contributed by atoms with Gasteiger partial charge in [0.25, 0.3) is 0 Å². The van der Waals surface area contributed by atoms with Gasteiger partial charge in [-0.05, 0) is 43.9 Å². The molecule has 6 heteroatoms. The summed E-state index contributed by atoms with van der Waals surface area (Å²) in [5.41, 5.74) is 1.20. The summed E-state index contributed by atoms with van der Waals surface area (Å²) in [6.07, 6.45) is 0. The van der Waals surface area contributed by atoms with Gasteiger partial charge in [-0.1, -0.05) is 30.3 Å². The summed E-state index contributed by atoms with van der Waals surface area (Å²) in [4.78, 5) is 1.93. The molecule has 0 atom stereocenters. The average Bonchev–Trinajstić information content (AvgIpc) is 2.50. The predicted molar refractivity (Wildman–Crippen MR) is 91.4 cm³/mol. The third kappa shape index (κ3) is 5.04. The second kappa shape index (κ2) is 7.57. The first kappa shape index (κ1) is 17.4. The number of benzene rings is 2. The number of para-hydroxylation sites is 1. The Morgan fingerprint density at radius 3 is 2.09 bits per heavy atom. The number of nitrogens with zero attached hydrogens (tertiary/aromatic N) is 2. The molecule has 0 saturated carbocycles. The van der Waals surface area contributed by atoms with Gasteiger partial charge >= 0.3 is 0 Å². The second-order valence-corrected chi connectivity index (χ2v) is 7.49. The predicted octanol–water partition coefficient (Wildman–Crippen LogP) is 2.72. The summed E-state index contributed by atoms with van der Waals surface area (Å²) in [6, 6.07) is 14.6. The Labute approximate surface area is 137 Å². The molecule has 0 spiro atoms. The minimum atomic E-state index is -3.55. The molecule has 0 fully saturated rings. The van der Waals surface area contributed by atoms with Crippen molar-refractivity contribution >= 4 is 15.7 Å². The van der Waals surface area contributed by atoms with Crippen molar-refractivity contribution in [3.8, 4) is 0 Å². The Hall–Kier alpha value is -1.92. The number of likely N-dealkylation sites (N-methyl/N-ethyl adjacent to an activating group) is 1. The molecule has 4 nitrogen and oxygen atoms in total. The number of halogens is 1. The highest BCUT2D eigenvalue weighted by Gasteiger charge is 2.23. The molecule has 23 heavy (non-hydrogen) atoms. The second-order valence-electron chi connectivity index (χ2n) is 5.59. The lowest BCUT2D eigenvalue weighted by molar-refractivity contribution is 0.419. The molecule has 0 aliphatic heterocycles. The van der Waals surface area contributed by atoms with Crippen LogP contribution < -0.4 is 4.31 Å². The standard InChI is InChI=1S/C17H21FN2O2S/c1-19(2)12-13-20(17-6-4-3-5-7-17)23(21,22)14-15-8-10-16(18)11-9-15/h3-11H,12-14H2,1-2H3. The van der Waals surface area contributed by atoms with E-state index in [1.54, 1.807) is 12.1 Å². The van der Waals surface area contributed by atoms with Crippen LogP contribution in [0.5, 0.6) is 0 Å². The summed E-state index contributed by atoms with van der Waals surface area (Å²) >= 11 is 0. The summed E-state index contributed by atoms with van der Waals surface area (Å²) in [5.74, 6) is -0.533. The van der Waals surface area contributed by atoms with E-state index in [9.17, 15) is 12.8 Å². The van der Waals surface area contributed by atoms with Gasteiger partial charge in [0.1, 0.15) is 5.82 Å². The third-order valence-corrected chi connectivity index (χ3v) is 5.16. The van der Waals surface area contributed by atoms with Crippen LogP contribution in [0.15, 0.2) is 54.6 Å². The van der Waals surface area contributed by atoms with E-state index in [0.717, 1.165) is 0 Å². The van der Waals surface area contributed by atoms with E-state index < -0.39 is 10.0 Å². The first-order valence-corrected chi connectivity index (χ1v) is 8.94. The first-order valence-electron chi connectivity index (χ1n) is 7.33. The quantitative estimate of drug-likeness (QED) is 0.781. The van der Waals surface area contributed by atoms with Gasteiger partial charge in [0.2, 0.25) is 10.0 Å². The molecule has 124 valence electrons. The topological polar surface area (TPSA) is 40.6 Å². The van der Waals surface area contributed by atoms with Crippen molar-refractivity contribution in [1.82, 2.24) is 4.90 Å². The van der Waals surface area contributed by atoms with Gasteiger partial charge in [-0.3, -0.25) is 4.31 Å². The van der Waals surface area contributed by atoms with Crippen molar-refractivity contribution in [3.05, 3.63) is 66.0 Å². The van der Waals surface area contributed by atoms with E-state index in [0.29, 0.717) is 24.3 Å². The molecule has 0 saturated heterocycles. The molecule has 2 aromatic rings. The Morgan fingerprint density at radius 2 is 1.52 bits per heavy atom. The number of rotatable bonds is 7. The Kier molecular flexibility index (Phi) is 5.74. The van der Waals surface area contributed by atoms with E-state index in [1.165, 1.54) is 28.6 Å². The van der Waals surface area contributed by atoms with Crippen LogP contribution in [0.1, 0.15) is 5.56 Å². The number of hydrogen-bond donors (Lipinski definition) is 0. The third-order valence-electron chi connectivity index (χ3n) is 3.39. The van der Waals surface area contributed by atoms with Crippen LogP contribution in [0.3, 0.4) is 0 Å². The van der Waals surface area contributed by atoms with Crippen LogP contribution in [0, 0.1) is 5.82 Å². The van der Waals surface area contributed by atoms with Crippen molar-refractivity contribution < 1.29 is 12.8 Å². The molecule has 0 amide bonds. The molecule has 0 aromatic heterocycles. The molecule has 0 aliphatic carbocycles. The summed E-state index contributed by atoms with van der Waals surface area (Å²) < 4.78 is 40.0. The van der Waals surface area contributed by atoms with E-state index in [-0.39, 0.29) is 11.6 Å². The van der Waals surface area contributed by atoms with E-state index in [1.807, 2.05) is 37.2 Å². The van der Waals surface area contributed by atoms with E-state index in [4.69, 9.17) is 0 Å². The van der Waals surface area contributed by atoms with Crippen molar-refractivity contribution in [2.24, 2.45) is 0 Å². The smallest absolute Gasteiger partial charge is 0.239 e. The van der Waals surface area contributed by atoms with Crippen molar-refractivity contribution in [2.75, 3.05) is 31.5 Å². The maximum Gasteiger partial charge on any atom is 0.239 e. The highest BCUT2D eigenvalue weighted by molar-refractivity contribution is 7.92. The molecule has 0 N–H and O–H groups in total. The van der Waals surface area contributed by atoms with E-state index in [2.05, 4.69) is 0 Å². The van der Waals surface area contributed by atoms with Gasteiger partial charge in [0.15, 0.2) is 0 Å². The SMILES string of the molecule is CN(C)CCN(c1ccccc1)S(=O)(=O)Cc1ccc(F)cc1. The lowest BCUT2D eigenvalue weighted by Crippen LogP contribution is -2.37. The molecular weight excluding hydrogens is 315 g/mol. The average molecular weight is 336 g/mol. The van der Waals surface area contributed by atoms with Crippen LogP contribution >= 0.6 is 0 Å². The molecule has 0 aliphatic rings. The van der Waals surface area contributed by atoms with Crippen LogP contribution in [0.4, 0.5) is 10.1 Å². The summed E-state index contributed by atoms with van der Waals surface area (Å²) in [7, 11) is 0.244. The number of hydrogen-bond acceptors (Lipinski definition) is 3. The van der Waals surface area contributed by atoms with Crippen molar-refractivity contribution in [2.45, 2.75) is 5.75 Å². The fourth-order valence-electron chi connectivity index (χ4n) is 2.18. The fraction of sp³-hybridized carbons (Fsp3) is 0.294. The lowest BCUT2D eigenvalue weighted by Gasteiger charge is -2.26. The number of sulfonamides is 1. The van der Waals surface area contributed by atoms with E-state index >= 15 is 0 Å². The Bertz CT molecular complexity index is 716. The van der Waals surface area contributed by atoms with Crippen LogP contribution in [-0.2, 0) is 15.8 Å². The summed E-state index contributed by atoms with van der Waals surface area (Å²) in [5, 5.41) is 0. The molecule has 0 bridgehead atoms. The normalized spacial score (nSPS) is 11.7. The molecule has 0 unspecified atom stereocenters. The van der Waals surface area contributed by atoms with Crippen LogP contribution in [0.25, 0.3) is 0 Å². The minimum absolute atomic E-state index is 0.157. The highest BCUT2D eigenvalue weighted by atomic mass is 32.2. The minimum Gasteiger partial charge on any atom is -0.308 e. The molecule has 2 aromatic carbocycles. The van der Waals surface area contributed by atoms with Gasteiger partial charge < -0.3 is 4.90 Å². The van der Waals surface area contributed by atoms with Crippen molar-refractivity contribution in [3.63, 3.8) is 0 Å². The van der Waals surface area contributed by atoms with Crippen LogP contribution in [0.2, 0.25) is 0 Å².